The summed E-state index contributed by atoms with van der Waals surface area (Å²) in [6, 6.07) is 0.866. The van der Waals surface area contributed by atoms with Gasteiger partial charge in [0.15, 0.2) is 0 Å². The maximum atomic E-state index is 5.80. The number of nitrogens with two attached hydrogens (primary N) is 1. The summed E-state index contributed by atoms with van der Waals surface area (Å²) >= 11 is 0. The molecule has 2 rings (SSSR count). The quantitative estimate of drug-likeness (QED) is 0.832. The summed E-state index contributed by atoms with van der Waals surface area (Å²) in [5.41, 5.74) is 6.35. The summed E-state index contributed by atoms with van der Waals surface area (Å²) in [6.07, 6.45) is 8.37. The Morgan fingerprint density at radius 3 is 2.28 bits per heavy atom. The molecular formula is C16H32N2. The molecular weight excluding hydrogens is 220 g/mol. The Kier molecular flexibility index (Phi) is 4.71. The van der Waals surface area contributed by atoms with Gasteiger partial charge in [0, 0.05) is 12.6 Å². The van der Waals surface area contributed by atoms with Crippen molar-refractivity contribution in [1.82, 2.24) is 4.90 Å². The lowest BCUT2D eigenvalue weighted by Gasteiger charge is -2.41. The van der Waals surface area contributed by atoms with Crippen molar-refractivity contribution in [2.24, 2.45) is 23.0 Å². The molecule has 1 unspecified atom stereocenters. The average Bonchev–Trinajstić information content (AvgIpc) is 2.87. The van der Waals surface area contributed by atoms with Crippen molar-refractivity contribution < 1.29 is 0 Å². The van der Waals surface area contributed by atoms with Crippen LogP contribution in [0.3, 0.4) is 0 Å². The van der Waals surface area contributed by atoms with E-state index in [1.807, 2.05) is 0 Å². The van der Waals surface area contributed by atoms with E-state index in [1.54, 1.807) is 0 Å². The summed E-state index contributed by atoms with van der Waals surface area (Å²) in [5, 5.41) is 0. The zero-order valence-corrected chi connectivity index (χ0v) is 12.6. The standard InChI is InChI=1S/C16H32N2/c1-4-16(2,3)14-5-7-15(8-6-14)18-10-9-13(11-17)12-18/h13-15H,4-12,17H2,1-3H3. The third kappa shape index (κ3) is 3.08. The van der Waals surface area contributed by atoms with Crippen LogP contribution in [-0.2, 0) is 0 Å². The van der Waals surface area contributed by atoms with E-state index >= 15 is 0 Å². The molecule has 2 nitrogen and oxygen atoms in total. The van der Waals surface area contributed by atoms with Gasteiger partial charge in [-0.2, -0.15) is 0 Å². The minimum absolute atomic E-state index is 0.551. The Balaban J connectivity index is 1.80. The van der Waals surface area contributed by atoms with E-state index in [1.165, 1.54) is 51.6 Å². The van der Waals surface area contributed by atoms with Crippen LogP contribution in [0.4, 0.5) is 0 Å². The van der Waals surface area contributed by atoms with Gasteiger partial charge in [0.2, 0.25) is 0 Å². The molecule has 0 bridgehead atoms. The largest absolute Gasteiger partial charge is 0.330 e. The lowest BCUT2D eigenvalue weighted by Crippen LogP contribution is -2.39. The van der Waals surface area contributed by atoms with Crippen molar-refractivity contribution >= 4 is 0 Å². The number of hydrogen-bond donors (Lipinski definition) is 1. The van der Waals surface area contributed by atoms with Gasteiger partial charge in [-0.1, -0.05) is 27.2 Å². The number of hydrogen-bond acceptors (Lipinski definition) is 2. The number of likely N-dealkylation sites (tertiary alicyclic amines) is 1. The van der Waals surface area contributed by atoms with Crippen molar-refractivity contribution in [2.75, 3.05) is 19.6 Å². The van der Waals surface area contributed by atoms with Crippen molar-refractivity contribution in [1.29, 1.82) is 0 Å². The molecule has 0 amide bonds. The van der Waals surface area contributed by atoms with Crippen LogP contribution in [-0.4, -0.2) is 30.6 Å². The van der Waals surface area contributed by atoms with Crippen LogP contribution >= 0.6 is 0 Å². The van der Waals surface area contributed by atoms with E-state index in [4.69, 9.17) is 5.73 Å². The highest BCUT2D eigenvalue weighted by atomic mass is 15.2. The summed E-state index contributed by atoms with van der Waals surface area (Å²) < 4.78 is 0. The Labute approximate surface area is 113 Å². The molecule has 0 spiro atoms. The molecule has 2 heteroatoms. The van der Waals surface area contributed by atoms with Crippen molar-refractivity contribution in [3.63, 3.8) is 0 Å². The van der Waals surface area contributed by atoms with Gasteiger partial charge in [-0.15, -0.1) is 0 Å². The first-order chi connectivity index (χ1) is 8.56. The molecule has 0 radical (unpaired) electrons. The first kappa shape index (κ1) is 14.3. The molecule has 18 heavy (non-hydrogen) atoms. The Bertz CT molecular complexity index is 254. The molecule has 1 atom stereocenters. The molecule has 1 aliphatic heterocycles. The van der Waals surface area contributed by atoms with Crippen LogP contribution in [0.1, 0.15) is 59.3 Å². The van der Waals surface area contributed by atoms with E-state index in [9.17, 15) is 0 Å². The molecule has 2 aliphatic rings. The van der Waals surface area contributed by atoms with Gasteiger partial charge in [0.25, 0.3) is 0 Å². The maximum Gasteiger partial charge on any atom is 0.00955 e. The fraction of sp³-hybridized carbons (Fsp3) is 1.00. The van der Waals surface area contributed by atoms with Crippen molar-refractivity contribution in [3.05, 3.63) is 0 Å². The molecule has 1 saturated carbocycles. The van der Waals surface area contributed by atoms with E-state index in [0.29, 0.717) is 5.41 Å². The second-order valence-electron chi connectivity index (χ2n) is 7.23. The van der Waals surface area contributed by atoms with Crippen LogP contribution in [0.5, 0.6) is 0 Å². The van der Waals surface area contributed by atoms with Gasteiger partial charge in [-0.05, 0) is 62.4 Å². The van der Waals surface area contributed by atoms with Gasteiger partial charge in [-0.3, -0.25) is 0 Å². The summed E-state index contributed by atoms with van der Waals surface area (Å²) in [7, 11) is 0. The lowest BCUT2D eigenvalue weighted by molar-refractivity contribution is 0.0956. The molecule has 2 N–H and O–H groups in total. The third-order valence-corrected chi connectivity index (χ3v) is 5.88. The fourth-order valence-electron chi connectivity index (χ4n) is 3.90. The lowest BCUT2D eigenvalue weighted by atomic mass is 9.68. The van der Waals surface area contributed by atoms with Gasteiger partial charge in [0.05, 0.1) is 0 Å². The Morgan fingerprint density at radius 1 is 1.11 bits per heavy atom. The van der Waals surface area contributed by atoms with E-state index in [0.717, 1.165) is 24.4 Å². The summed E-state index contributed by atoms with van der Waals surface area (Å²) in [6.45, 7) is 10.7. The summed E-state index contributed by atoms with van der Waals surface area (Å²) in [5.74, 6) is 1.72. The smallest absolute Gasteiger partial charge is 0.00955 e. The molecule has 0 aromatic heterocycles. The zero-order valence-electron chi connectivity index (χ0n) is 12.6. The highest BCUT2D eigenvalue weighted by Crippen LogP contribution is 2.41. The maximum absolute atomic E-state index is 5.80. The second kappa shape index (κ2) is 5.92. The molecule has 1 aliphatic carbocycles. The minimum atomic E-state index is 0.551. The Morgan fingerprint density at radius 2 is 1.78 bits per heavy atom. The molecule has 2 fully saturated rings. The highest BCUT2D eigenvalue weighted by Gasteiger charge is 2.35. The first-order valence-corrected chi connectivity index (χ1v) is 8.01. The number of rotatable bonds is 4. The highest BCUT2D eigenvalue weighted by molar-refractivity contribution is 4.88. The monoisotopic (exact) mass is 252 g/mol. The van der Waals surface area contributed by atoms with Gasteiger partial charge in [0.1, 0.15) is 0 Å². The van der Waals surface area contributed by atoms with Crippen molar-refractivity contribution in [2.45, 2.75) is 65.3 Å². The van der Waals surface area contributed by atoms with Gasteiger partial charge < -0.3 is 10.6 Å². The minimum Gasteiger partial charge on any atom is -0.330 e. The van der Waals surface area contributed by atoms with Crippen LogP contribution in [0.2, 0.25) is 0 Å². The van der Waals surface area contributed by atoms with Gasteiger partial charge >= 0.3 is 0 Å². The van der Waals surface area contributed by atoms with Crippen LogP contribution in [0.25, 0.3) is 0 Å². The molecule has 1 heterocycles. The predicted molar refractivity (Wildman–Crippen MR) is 78.6 cm³/mol. The van der Waals surface area contributed by atoms with E-state index in [2.05, 4.69) is 25.7 Å². The fourth-order valence-corrected chi connectivity index (χ4v) is 3.90. The predicted octanol–water partition coefficient (Wildman–Crippen LogP) is 3.26. The first-order valence-electron chi connectivity index (χ1n) is 8.01. The van der Waals surface area contributed by atoms with Crippen LogP contribution in [0, 0.1) is 17.3 Å². The normalized spacial score (nSPS) is 35.0. The molecule has 106 valence electrons. The molecule has 1 saturated heterocycles. The SMILES string of the molecule is CCC(C)(C)C1CCC(N2CCC(CN)C2)CC1. The molecule has 0 aromatic carbocycles. The zero-order chi connectivity index (χ0) is 13.2. The number of nitrogens with zero attached hydrogens (tertiary/aromatic N) is 1. The van der Waals surface area contributed by atoms with Crippen LogP contribution < -0.4 is 5.73 Å². The van der Waals surface area contributed by atoms with Crippen molar-refractivity contribution in [3.8, 4) is 0 Å². The van der Waals surface area contributed by atoms with Crippen LogP contribution in [0.15, 0.2) is 0 Å². The van der Waals surface area contributed by atoms with E-state index in [-0.39, 0.29) is 0 Å². The molecule has 0 aromatic rings. The van der Waals surface area contributed by atoms with E-state index < -0.39 is 0 Å². The summed E-state index contributed by atoms with van der Waals surface area (Å²) in [4.78, 5) is 2.73. The van der Waals surface area contributed by atoms with Gasteiger partial charge in [-0.25, -0.2) is 0 Å². The Hall–Kier alpha value is -0.0800. The topological polar surface area (TPSA) is 29.3 Å². The second-order valence-corrected chi connectivity index (χ2v) is 7.23. The third-order valence-electron chi connectivity index (χ3n) is 5.88. The average molecular weight is 252 g/mol.